The highest BCUT2D eigenvalue weighted by Gasteiger charge is 2.33. The van der Waals surface area contributed by atoms with Crippen molar-refractivity contribution in [2.75, 3.05) is 23.8 Å². The van der Waals surface area contributed by atoms with E-state index < -0.39 is 17.7 Å². The van der Waals surface area contributed by atoms with Crippen LogP contribution in [0.2, 0.25) is 5.02 Å². The average molecular weight is 365 g/mol. The van der Waals surface area contributed by atoms with Gasteiger partial charge in [0.05, 0.1) is 5.02 Å². The van der Waals surface area contributed by atoms with E-state index in [1.807, 2.05) is 0 Å². The van der Waals surface area contributed by atoms with E-state index in [1.165, 1.54) is 12.1 Å². The molecule has 2 rings (SSSR count). The van der Waals surface area contributed by atoms with E-state index in [-0.39, 0.29) is 35.6 Å². The Kier molecular flexibility index (Phi) is 5.79. The number of aliphatic hydroxyl groups excluding tert-OH is 1. The van der Waals surface area contributed by atoms with E-state index in [9.17, 15) is 17.6 Å². The lowest BCUT2D eigenvalue weighted by Gasteiger charge is -2.13. The smallest absolute Gasteiger partial charge is 0.396 e. The van der Waals surface area contributed by atoms with Gasteiger partial charge in [-0.1, -0.05) is 11.6 Å². The van der Waals surface area contributed by atoms with E-state index in [4.69, 9.17) is 16.7 Å². The summed E-state index contributed by atoms with van der Waals surface area (Å²) < 4.78 is 51.9. The Morgan fingerprint density at radius 3 is 2.54 bits per heavy atom. The molecule has 10 heteroatoms. The average Bonchev–Trinajstić information content (AvgIpc) is 2.50. The van der Waals surface area contributed by atoms with E-state index in [1.54, 1.807) is 0 Å². The summed E-state index contributed by atoms with van der Waals surface area (Å²) in [6, 6.07) is 4.35. The molecule has 0 saturated carbocycles. The number of nitrogens with zero attached hydrogens (tertiary/aromatic N) is 2. The van der Waals surface area contributed by atoms with Gasteiger partial charge in [-0.05, 0) is 24.6 Å². The lowest BCUT2D eigenvalue weighted by molar-refractivity contribution is -0.141. The number of aromatic nitrogens is 2. The van der Waals surface area contributed by atoms with Gasteiger partial charge in [-0.25, -0.2) is 9.37 Å². The molecule has 0 fully saturated rings. The number of anilines is 3. The number of rotatable bonds is 6. The van der Waals surface area contributed by atoms with Gasteiger partial charge in [-0.15, -0.1) is 0 Å². The highest BCUT2D eigenvalue weighted by Crippen LogP contribution is 2.31. The number of nitrogens with one attached hydrogen (secondary N) is 2. The molecule has 0 saturated heterocycles. The predicted molar refractivity (Wildman–Crippen MR) is 81.9 cm³/mol. The monoisotopic (exact) mass is 364 g/mol. The zero-order valence-corrected chi connectivity index (χ0v) is 12.9. The number of hydrogen-bond acceptors (Lipinski definition) is 5. The maximum absolute atomic E-state index is 13.1. The topological polar surface area (TPSA) is 70.1 Å². The van der Waals surface area contributed by atoms with Crippen molar-refractivity contribution in [2.45, 2.75) is 12.6 Å². The van der Waals surface area contributed by atoms with E-state index >= 15 is 0 Å². The highest BCUT2D eigenvalue weighted by atomic mass is 35.5. The summed E-state index contributed by atoms with van der Waals surface area (Å²) in [6.45, 7) is 0.0881. The van der Waals surface area contributed by atoms with Crippen LogP contribution >= 0.6 is 11.6 Å². The van der Waals surface area contributed by atoms with Crippen molar-refractivity contribution in [3.05, 3.63) is 40.8 Å². The third kappa shape index (κ3) is 4.93. The second kappa shape index (κ2) is 7.63. The van der Waals surface area contributed by atoms with Crippen molar-refractivity contribution in [3.63, 3.8) is 0 Å². The van der Waals surface area contributed by atoms with Gasteiger partial charge in [0.25, 0.3) is 0 Å². The molecule has 1 aromatic heterocycles. The van der Waals surface area contributed by atoms with Gasteiger partial charge in [0.1, 0.15) is 11.6 Å². The summed E-state index contributed by atoms with van der Waals surface area (Å²) in [7, 11) is 0. The molecular weight excluding hydrogens is 352 g/mol. The predicted octanol–water partition coefficient (Wildman–Crippen LogP) is 3.83. The second-order valence-electron chi connectivity index (χ2n) is 4.72. The Bertz CT molecular complexity index is 712. The van der Waals surface area contributed by atoms with Crippen molar-refractivity contribution in [1.82, 2.24) is 9.97 Å². The Balaban J connectivity index is 2.29. The number of aliphatic hydroxyl groups is 1. The first kappa shape index (κ1) is 18.2. The molecule has 0 spiro atoms. The highest BCUT2D eigenvalue weighted by molar-refractivity contribution is 6.31. The summed E-state index contributed by atoms with van der Waals surface area (Å²) in [5, 5.41) is 13.8. The lowest BCUT2D eigenvalue weighted by atomic mass is 10.3. The van der Waals surface area contributed by atoms with Crippen LogP contribution in [0.3, 0.4) is 0 Å². The minimum absolute atomic E-state index is 0.120. The second-order valence-corrected chi connectivity index (χ2v) is 5.12. The van der Waals surface area contributed by atoms with Crippen LogP contribution in [0.25, 0.3) is 0 Å². The normalized spacial score (nSPS) is 11.4. The van der Waals surface area contributed by atoms with E-state index in [0.717, 1.165) is 12.1 Å². The summed E-state index contributed by atoms with van der Waals surface area (Å²) in [5.41, 5.74) is -0.866. The van der Waals surface area contributed by atoms with Gasteiger partial charge in [0, 0.05) is 24.9 Å². The van der Waals surface area contributed by atoms with Gasteiger partial charge in [0.2, 0.25) is 5.95 Å². The lowest BCUT2D eigenvalue weighted by Crippen LogP contribution is -2.14. The number of hydrogen-bond donors (Lipinski definition) is 3. The van der Waals surface area contributed by atoms with Crippen LogP contribution < -0.4 is 10.6 Å². The first-order valence-electron chi connectivity index (χ1n) is 6.82. The minimum atomic E-state index is -4.66. The first-order chi connectivity index (χ1) is 11.3. The third-order valence-electron chi connectivity index (χ3n) is 2.83. The zero-order chi connectivity index (χ0) is 17.7. The van der Waals surface area contributed by atoms with Crippen molar-refractivity contribution in [1.29, 1.82) is 0 Å². The quantitative estimate of drug-likeness (QED) is 0.537. The molecule has 0 bridgehead atoms. The van der Waals surface area contributed by atoms with Crippen molar-refractivity contribution >= 4 is 29.1 Å². The molecule has 0 radical (unpaired) electrons. The molecule has 0 unspecified atom stereocenters. The molecule has 0 aliphatic rings. The molecular formula is C14H13ClF4N4O. The Morgan fingerprint density at radius 1 is 1.17 bits per heavy atom. The van der Waals surface area contributed by atoms with Gasteiger partial charge >= 0.3 is 6.18 Å². The van der Waals surface area contributed by atoms with E-state index in [2.05, 4.69) is 20.6 Å². The molecule has 0 aliphatic carbocycles. The van der Waals surface area contributed by atoms with Crippen LogP contribution in [0.4, 0.5) is 35.0 Å². The number of benzene rings is 1. The summed E-state index contributed by atoms with van der Waals surface area (Å²) in [6.07, 6.45) is -4.33. The number of alkyl halides is 3. The van der Waals surface area contributed by atoms with Gasteiger partial charge in [-0.2, -0.15) is 18.2 Å². The van der Waals surface area contributed by atoms with Crippen molar-refractivity contribution in [2.24, 2.45) is 0 Å². The Morgan fingerprint density at radius 2 is 1.92 bits per heavy atom. The SMILES string of the molecule is OCCCNc1nc(Nc2ccc(F)c(Cl)c2)cc(C(F)(F)F)n1. The molecule has 0 atom stereocenters. The molecule has 5 nitrogen and oxygen atoms in total. The fourth-order valence-corrected chi connectivity index (χ4v) is 1.92. The molecule has 3 N–H and O–H groups in total. The Hall–Kier alpha value is -2.13. The maximum Gasteiger partial charge on any atom is 0.433 e. The van der Waals surface area contributed by atoms with Crippen LogP contribution in [-0.4, -0.2) is 28.2 Å². The maximum atomic E-state index is 13.1. The minimum Gasteiger partial charge on any atom is -0.396 e. The largest absolute Gasteiger partial charge is 0.433 e. The number of halogens is 5. The molecule has 0 amide bonds. The van der Waals surface area contributed by atoms with Crippen molar-refractivity contribution < 1.29 is 22.7 Å². The Labute approximate surface area is 139 Å². The standard InChI is InChI=1S/C14H13ClF4N4O/c15-9-6-8(2-3-10(9)16)21-12-7-11(14(17,18)19)22-13(23-12)20-4-1-5-24/h2-3,6-7,24H,1,4-5H2,(H2,20,21,22,23). The zero-order valence-electron chi connectivity index (χ0n) is 12.2. The van der Waals surface area contributed by atoms with Crippen LogP contribution in [0, 0.1) is 5.82 Å². The fourth-order valence-electron chi connectivity index (χ4n) is 1.74. The fraction of sp³-hybridized carbons (Fsp3) is 0.286. The molecule has 130 valence electrons. The summed E-state index contributed by atoms with van der Waals surface area (Å²) in [4.78, 5) is 7.31. The molecule has 1 heterocycles. The summed E-state index contributed by atoms with van der Waals surface area (Å²) >= 11 is 5.64. The first-order valence-corrected chi connectivity index (χ1v) is 7.20. The third-order valence-corrected chi connectivity index (χ3v) is 3.12. The molecule has 24 heavy (non-hydrogen) atoms. The molecule has 0 aliphatic heterocycles. The molecule has 1 aromatic carbocycles. The van der Waals surface area contributed by atoms with Gasteiger partial charge in [0.15, 0.2) is 5.69 Å². The van der Waals surface area contributed by atoms with Crippen LogP contribution in [0.15, 0.2) is 24.3 Å². The van der Waals surface area contributed by atoms with Crippen LogP contribution in [0.1, 0.15) is 12.1 Å². The molecule has 2 aromatic rings. The van der Waals surface area contributed by atoms with Gasteiger partial charge in [-0.3, -0.25) is 0 Å². The van der Waals surface area contributed by atoms with Crippen LogP contribution in [-0.2, 0) is 6.18 Å². The van der Waals surface area contributed by atoms with Crippen molar-refractivity contribution in [3.8, 4) is 0 Å². The van der Waals surface area contributed by atoms with E-state index in [0.29, 0.717) is 6.42 Å². The van der Waals surface area contributed by atoms with Crippen LogP contribution in [0.5, 0.6) is 0 Å². The summed E-state index contributed by atoms with van der Waals surface area (Å²) in [5.74, 6) is -1.02. The van der Waals surface area contributed by atoms with Gasteiger partial charge < -0.3 is 15.7 Å².